The maximum atomic E-state index is 11.9. The van der Waals surface area contributed by atoms with Crippen LogP contribution in [0.5, 0.6) is 0 Å². The first-order valence-corrected chi connectivity index (χ1v) is 7.05. The smallest absolute Gasteiger partial charge is 0.245 e. The Bertz CT molecular complexity index is 398. The van der Waals surface area contributed by atoms with Crippen molar-refractivity contribution in [2.75, 3.05) is 19.8 Å². The van der Waals surface area contributed by atoms with E-state index in [9.17, 15) is 19.2 Å². The second kappa shape index (κ2) is 8.57. The molecule has 0 aromatic rings. The minimum absolute atomic E-state index is 0.124. The lowest BCUT2D eigenvalue weighted by Crippen LogP contribution is -2.47. The Hall–Kier alpha value is -1.57. The average Bonchev–Trinajstić information content (AvgIpc) is 2.31. The van der Waals surface area contributed by atoms with Crippen molar-refractivity contribution in [3.63, 3.8) is 0 Å². The normalized spacial score (nSPS) is 13.1. The molecule has 0 aromatic carbocycles. The van der Waals surface area contributed by atoms with E-state index in [1.54, 1.807) is 21.0 Å². The first-order chi connectivity index (χ1) is 9.15. The van der Waals surface area contributed by atoms with Gasteiger partial charge in [-0.15, -0.1) is 0 Å². The molecule has 0 bridgehead atoms. The number of likely N-dealkylation sites (N-methyl/N-ethyl adjacent to an activating group) is 1. The minimum atomic E-state index is -0.763. The molecule has 0 aliphatic rings. The lowest BCUT2D eigenvalue weighted by Gasteiger charge is -2.21. The summed E-state index contributed by atoms with van der Waals surface area (Å²) >= 11 is 0.906. The van der Waals surface area contributed by atoms with Crippen molar-refractivity contribution < 1.29 is 19.2 Å². The third-order valence-electron chi connectivity index (χ3n) is 2.28. The molecule has 114 valence electrons. The molecule has 8 heteroatoms. The number of thioether (sulfide) groups is 1. The molecular formula is C12H21N3O4S. The first-order valence-electron chi connectivity index (χ1n) is 6.07. The molecule has 0 spiro atoms. The highest BCUT2D eigenvalue weighted by molar-refractivity contribution is 8.13. The molecule has 0 fully saturated rings. The zero-order valence-corrected chi connectivity index (χ0v) is 13.2. The third-order valence-corrected chi connectivity index (χ3v) is 3.42. The van der Waals surface area contributed by atoms with Crippen LogP contribution in [0.25, 0.3) is 0 Å². The van der Waals surface area contributed by atoms with Gasteiger partial charge in [-0.25, -0.2) is 0 Å². The van der Waals surface area contributed by atoms with Crippen LogP contribution in [-0.4, -0.2) is 59.7 Å². The van der Waals surface area contributed by atoms with Crippen molar-refractivity contribution in [2.24, 2.45) is 0 Å². The Balaban J connectivity index is 4.53. The van der Waals surface area contributed by atoms with Crippen LogP contribution in [0.1, 0.15) is 20.8 Å². The molecule has 0 aromatic heterocycles. The number of amides is 3. The van der Waals surface area contributed by atoms with Gasteiger partial charge in [0, 0.05) is 33.7 Å². The minimum Gasteiger partial charge on any atom is -0.347 e. The lowest BCUT2D eigenvalue weighted by molar-refractivity contribution is -0.133. The second-order valence-corrected chi connectivity index (χ2v) is 5.56. The molecule has 0 rings (SSSR count). The fraction of sp³-hybridized carbons (Fsp3) is 0.667. The SMILES string of the molecule is CC(=O)N[C@@H](C)C(=O)SC[C@H](NC(C)=O)C(=O)N(C)C. The molecule has 2 atom stereocenters. The van der Waals surface area contributed by atoms with Gasteiger partial charge in [0.15, 0.2) is 0 Å². The Kier molecular flexibility index (Phi) is 7.90. The van der Waals surface area contributed by atoms with Crippen LogP contribution in [0.3, 0.4) is 0 Å². The molecule has 0 unspecified atom stereocenters. The van der Waals surface area contributed by atoms with E-state index in [1.807, 2.05) is 0 Å². The highest BCUT2D eigenvalue weighted by Crippen LogP contribution is 2.09. The summed E-state index contributed by atoms with van der Waals surface area (Å²) < 4.78 is 0. The van der Waals surface area contributed by atoms with Crippen molar-refractivity contribution in [1.82, 2.24) is 15.5 Å². The highest BCUT2D eigenvalue weighted by atomic mass is 32.2. The van der Waals surface area contributed by atoms with E-state index in [1.165, 1.54) is 18.7 Å². The van der Waals surface area contributed by atoms with Crippen LogP contribution in [0.4, 0.5) is 0 Å². The molecule has 0 saturated carbocycles. The van der Waals surface area contributed by atoms with Gasteiger partial charge in [-0.2, -0.15) is 0 Å². The van der Waals surface area contributed by atoms with Gasteiger partial charge in [-0.05, 0) is 6.92 Å². The second-order valence-electron chi connectivity index (χ2n) is 4.54. The summed E-state index contributed by atoms with van der Waals surface area (Å²) in [6.45, 7) is 4.20. The summed E-state index contributed by atoms with van der Waals surface area (Å²) in [5.74, 6) is -0.797. The summed E-state index contributed by atoms with van der Waals surface area (Å²) in [6, 6.07) is -1.40. The van der Waals surface area contributed by atoms with E-state index in [2.05, 4.69) is 10.6 Å². The van der Waals surface area contributed by atoms with E-state index in [-0.39, 0.29) is 28.6 Å². The average molecular weight is 303 g/mol. The molecule has 0 aliphatic heterocycles. The van der Waals surface area contributed by atoms with Crippen LogP contribution >= 0.6 is 11.8 Å². The van der Waals surface area contributed by atoms with Crippen LogP contribution in [0.15, 0.2) is 0 Å². The quantitative estimate of drug-likeness (QED) is 0.681. The van der Waals surface area contributed by atoms with Gasteiger partial charge in [0.25, 0.3) is 0 Å². The van der Waals surface area contributed by atoms with Crippen molar-refractivity contribution >= 4 is 34.6 Å². The van der Waals surface area contributed by atoms with Crippen LogP contribution in [0, 0.1) is 0 Å². The third kappa shape index (κ3) is 7.13. The Morgan fingerprint density at radius 1 is 1.05 bits per heavy atom. The van der Waals surface area contributed by atoms with Gasteiger partial charge >= 0.3 is 0 Å². The maximum absolute atomic E-state index is 11.9. The van der Waals surface area contributed by atoms with E-state index >= 15 is 0 Å². The number of carbonyl (C=O) groups excluding carboxylic acids is 4. The Morgan fingerprint density at radius 3 is 1.95 bits per heavy atom. The summed E-state index contributed by atoms with van der Waals surface area (Å²) in [5.41, 5.74) is 0. The van der Waals surface area contributed by atoms with Gasteiger partial charge in [-0.1, -0.05) is 11.8 Å². The molecule has 0 aliphatic carbocycles. The zero-order chi connectivity index (χ0) is 15.9. The molecule has 0 radical (unpaired) electrons. The van der Waals surface area contributed by atoms with Gasteiger partial charge in [0.2, 0.25) is 22.8 Å². The predicted octanol–water partition coefficient (Wildman–Crippen LogP) is -0.636. The molecule has 7 nitrogen and oxygen atoms in total. The molecule has 2 N–H and O–H groups in total. The number of carbonyl (C=O) groups is 4. The zero-order valence-electron chi connectivity index (χ0n) is 12.4. The summed E-state index contributed by atoms with van der Waals surface area (Å²) in [6.07, 6.45) is 0. The standard InChI is InChI=1S/C12H21N3O4S/c1-7(13-8(2)16)12(19)20-6-10(14-9(3)17)11(18)15(4)5/h7,10H,6H2,1-5H3,(H,13,16)(H,14,17)/t7-,10-/m0/s1. The Labute approximate surface area is 122 Å². The molecular weight excluding hydrogens is 282 g/mol. The van der Waals surface area contributed by atoms with Crippen LogP contribution < -0.4 is 10.6 Å². The van der Waals surface area contributed by atoms with Gasteiger partial charge in [-0.3, -0.25) is 19.2 Å². The van der Waals surface area contributed by atoms with E-state index in [4.69, 9.17) is 0 Å². The molecule has 0 saturated heterocycles. The number of hydrogen-bond donors (Lipinski definition) is 2. The van der Waals surface area contributed by atoms with Gasteiger partial charge in [0.05, 0.1) is 6.04 Å². The summed E-state index contributed by atoms with van der Waals surface area (Å²) in [7, 11) is 3.15. The molecule has 20 heavy (non-hydrogen) atoms. The van der Waals surface area contributed by atoms with Crippen LogP contribution in [-0.2, 0) is 19.2 Å². The number of nitrogens with one attached hydrogen (secondary N) is 2. The van der Waals surface area contributed by atoms with Crippen molar-refractivity contribution in [2.45, 2.75) is 32.9 Å². The van der Waals surface area contributed by atoms with Gasteiger partial charge in [0.1, 0.15) is 6.04 Å². The largest absolute Gasteiger partial charge is 0.347 e. The number of rotatable bonds is 6. The lowest BCUT2D eigenvalue weighted by atomic mass is 10.3. The maximum Gasteiger partial charge on any atom is 0.245 e. The van der Waals surface area contributed by atoms with E-state index in [0.717, 1.165) is 11.8 Å². The Morgan fingerprint density at radius 2 is 1.55 bits per heavy atom. The fourth-order valence-corrected chi connectivity index (χ4v) is 2.25. The van der Waals surface area contributed by atoms with Gasteiger partial charge < -0.3 is 15.5 Å². The topological polar surface area (TPSA) is 95.6 Å². The van der Waals surface area contributed by atoms with Crippen LogP contribution in [0.2, 0.25) is 0 Å². The van der Waals surface area contributed by atoms with Crippen molar-refractivity contribution in [3.05, 3.63) is 0 Å². The number of nitrogens with zero attached hydrogens (tertiary/aromatic N) is 1. The van der Waals surface area contributed by atoms with Crippen molar-refractivity contribution in [3.8, 4) is 0 Å². The fourth-order valence-electron chi connectivity index (χ4n) is 1.39. The summed E-state index contributed by atoms with van der Waals surface area (Å²) in [5, 5.41) is 4.71. The number of hydrogen-bond acceptors (Lipinski definition) is 5. The van der Waals surface area contributed by atoms with E-state index < -0.39 is 12.1 Å². The van der Waals surface area contributed by atoms with E-state index in [0.29, 0.717) is 0 Å². The monoisotopic (exact) mass is 303 g/mol. The highest BCUT2D eigenvalue weighted by Gasteiger charge is 2.24. The molecule has 0 heterocycles. The molecule has 3 amide bonds. The first kappa shape index (κ1) is 18.4. The van der Waals surface area contributed by atoms with Crippen molar-refractivity contribution in [1.29, 1.82) is 0 Å². The predicted molar refractivity (Wildman–Crippen MR) is 77.0 cm³/mol. The summed E-state index contributed by atoms with van der Waals surface area (Å²) in [4.78, 5) is 46.9.